The number of nitrogens with zero attached hydrogens (tertiary/aromatic N) is 2. The highest BCUT2D eigenvalue weighted by Crippen LogP contribution is 2.49. The molecule has 1 aromatic carbocycles. The summed E-state index contributed by atoms with van der Waals surface area (Å²) in [5, 5.41) is 17.3. The summed E-state index contributed by atoms with van der Waals surface area (Å²) in [5.41, 5.74) is -0.498. The predicted molar refractivity (Wildman–Crippen MR) is 75.4 cm³/mol. The summed E-state index contributed by atoms with van der Waals surface area (Å²) in [7, 11) is 1.59. The zero-order valence-corrected chi connectivity index (χ0v) is 13.2. The van der Waals surface area contributed by atoms with Crippen LogP contribution in [0.1, 0.15) is 23.1 Å². The van der Waals surface area contributed by atoms with E-state index < -0.39 is 23.5 Å². The Bertz CT molecular complexity index is 625. The fourth-order valence-electron chi connectivity index (χ4n) is 2.44. The van der Waals surface area contributed by atoms with E-state index in [4.69, 9.17) is 10.4 Å². The zero-order chi connectivity index (χ0) is 18.9. The van der Waals surface area contributed by atoms with Crippen molar-refractivity contribution in [1.29, 1.82) is 5.26 Å². The molecule has 1 aromatic rings. The molecule has 0 radical (unpaired) electrons. The molecule has 0 saturated carbocycles. The summed E-state index contributed by atoms with van der Waals surface area (Å²) in [6, 6.07) is 3.30. The number of rotatable bonds is 5. The Morgan fingerprint density at radius 3 is 1.92 bits per heavy atom. The van der Waals surface area contributed by atoms with Crippen LogP contribution < -0.4 is 4.90 Å². The second-order valence-corrected chi connectivity index (χ2v) is 5.48. The molecule has 0 aliphatic rings. The van der Waals surface area contributed by atoms with Crippen LogP contribution in [0.25, 0.3) is 0 Å². The van der Waals surface area contributed by atoms with Crippen molar-refractivity contribution in [3.8, 4) is 6.07 Å². The van der Waals surface area contributed by atoms with Crippen LogP contribution in [0.2, 0.25) is 0 Å². The summed E-state index contributed by atoms with van der Waals surface area (Å²) in [6.45, 7) is 3.02. The van der Waals surface area contributed by atoms with Crippen LogP contribution in [0.4, 0.5) is 32.0 Å². The minimum absolute atomic E-state index is 0.158. The van der Waals surface area contributed by atoms with Gasteiger partial charge in [-0.1, -0.05) is 0 Å². The molecule has 3 nitrogen and oxygen atoms in total. The molecule has 0 aliphatic carbocycles. The number of hydrogen-bond acceptors (Lipinski definition) is 3. The topological polar surface area (TPSA) is 47.3 Å². The van der Waals surface area contributed by atoms with Crippen molar-refractivity contribution < 1.29 is 31.4 Å². The molecule has 1 unspecified atom stereocenters. The van der Waals surface area contributed by atoms with Crippen LogP contribution in [0.5, 0.6) is 0 Å². The summed E-state index contributed by atoms with van der Waals surface area (Å²) in [4.78, 5) is 1.58. The van der Waals surface area contributed by atoms with Crippen LogP contribution in [-0.4, -0.2) is 30.7 Å². The molecule has 1 atom stereocenters. The molecule has 1 rings (SSSR count). The maximum atomic E-state index is 13.9. The van der Waals surface area contributed by atoms with E-state index in [1.807, 2.05) is 6.07 Å². The van der Waals surface area contributed by atoms with Gasteiger partial charge in [0.1, 0.15) is 0 Å². The Kier molecular flexibility index (Phi) is 5.45. The summed E-state index contributed by atoms with van der Waals surface area (Å²) < 4.78 is 78.5. The Morgan fingerprint density at radius 2 is 1.54 bits per heavy atom. The molecule has 0 amide bonds. The Balaban J connectivity index is 3.37. The van der Waals surface area contributed by atoms with Gasteiger partial charge in [-0.3, -0.25) is 0 Å². The van der Waals surface area contributed by atoms with Gasteiger partial charge in [0.2, 0.25) is 0 Å². The maximum Gasteiger partial charge on any atom is 0.455 e. The molecule has 0 saturated heterocycles. The van der Waals surface area contributed by atoms with Gasteiger partial charge in [0.25, 0.3) is 0 Å². The van der Waals surface area contributed by atoms with Crippen molar-refractivity contribution in [3.05, 3.63) is 28.8 Å². The molecule has 0 aromatic heterocycles. The quantitative estimate of drug-likeness (QED) is 0.814. The van der Waals surface area contributed by atoms with Crippen LogP contribution in [0.15, 0.2) is 12.1 Å². The smallest absolute Gasteiger partial charge is 0.373 e. The summed E-state index contributed by atoms with van der Waals surface area (Å²) in [5.74, 6) is -10.9. The van der Waals surface area contributed by atoms with Gasteiger partial charge in [-0.25, -0.2) is 0 Å². The average molecular weight is 354 g/mol. The van der Waals surface area contributed by atoms with Gasteiger partial charge in [-0.2, -0.15) is 31.6 Å². The first-order valence-electron chi connectivity index (χ1n) is 6.83. The molecule has 0 spiro atoms. The number of benzene rings is 1. The fraction of sp³-hybridized carbons (Fsp3) is 0.533. The van der Waals surface area contributed by atoms with E-state index in [-0.39, 0.29) is 24.1 Å². The third kappa shape index (κ3) is 3.43. The van der Waals surface area contributed by atoms with Crippen LogP contribution >= 0.6 is 0 Å². The van der Waals surface area contributed by atoms with Gasteiger partial charge in [0.05, 0.1) is 12.5 Å². The minimum Gasteiger partial charge on any atom is -0.373 e. The van der Waals surface area contributed by atoms with Gasteiger partial charge >= 0.3 is 18.0 Å². The van der Waals surface area contributed by atoms with E-state index >= 15 is 0 Å². The van der Waals surface area contributed by atoms with E-state index in [2.05, 4.69) is 0 Å². The van der Waals surface area contributed by atoms with Crippen molar-refractivity contribution in [1.82, 2.24) is 0 Å². The minimum atomic E-state index is -6.15. The van der Waals surface area contributed by atoms with Crippen LogP contribution in [0.3, 0.4) is 0 Å². The Labute approximate surface area is 135 Å². The lowest BCUT2D eigenvalue weighted by molar-refractivity contribution is -0.390. The van der Waals surface area contributed by atoms with Crippen molar-refractivity contribution in [2.75, 3.05) is 18.5 Å². The highest BCUT2D eigenvalue weighted by atomic mass is 19.4. The lowest BCUT2D eigenvalue weighted by atomic mass is 9.95. The van der Waals surface area contributed by atoms with Gasteiger partial charge in [0, 0.05) is 24.8 Å². The number of hydrogen-bond donors (Lipinski definition) is 1. The van der Waals surface area contributed by atoms with E-state index in [1.54, 1.807) is 11.9 Å². The van der Waals surface area contributed by atoms with Gasteiger partial charge in [0.15, 0.2) is 0 Å². The monoisotopic (exact) mass is 354 g/mol. The van der Waals surface area contributed by atoms with Crippen molar-refractivity contribution in [3.63, 3.8) is 0 Å². The molecule has 1 N–H and O–H groups in total. The number of nitriles is 1. The second-order valence-electron chi connectivity index (χ2n) is 5.48. The predicted octanol–water partition coefficient (Wildman–Crippen LogP) is 3.97. The SMILES string of the molecule is Cc1cc(C(F)(F)C(O)(F)C(F)(F)F)cc(C)c1N(C)CCC#N. The first kappa shape index (κ1) is 20.1. The lowest BCUT2D eigenvalue weighted by Crippen LogP contribution is -2.53. The largest absolute Gasteiger partial charge is 0.455 e. The van der Waals surface area contributed by atoms with Gasteiger partial charge in [-0.05, 0) is 37.1 Å². The number of alkyl halides is 6. The average Bonchev–Trinajstić information content (AvgIpc) is 2.42. The zero-order valence-electron chi connectivity index (χ0n) is 13.2. The molecule has 0 heterocycles. The van der Waals surface area contributed by atoms with Crippen LogP contribution in [0, 0.1) is 25.2 Å². The molecule has 9 heteroatoms. The van der Waals surface area contributed by atoms with E-state index in [0.29, 0.717) is 17.8 Å². The second kappa shape index (κ2) is 6.51. The van der Waals surface area contributed by atoms with Crippen LogP contribution in [-0.2, 0) is 5.92 Å². The summed E-state index contributed by atoms with van der Waals surface area (Å²) >= 11 is 0. The first-order chi connectivity index (χ1) is 10.8. The highest BCUT2D eigenvalue weighted by Gasteiger charge is 2.71. The molecule has 0 bridgehead atoms. The number of halogens is 6. The number of anilines is 1. The van der Waals surface area contributed by atoms with Gasteiger partial charge < -0.3 is 10.0 Å². The maximum absolute atomic E-state index is 13.9. The molecular weight excluding hydrogens is 338 g/mol. The van der Waals surface area contributed by atoms with E-state index in [0.717, 1.165) is 0 Å². The number of aryl methyl sites for hydroxylation is 2. The lowest BCUT2D eigenvalue weighted by Gasteiger charge is -2.31. The Morgan fingerprint density at radius 1 is 1.08 bits per heavy atom. The third-order valence-electron chi connectivity index (χ3n) is 3.59. The fourth-order valence-corrected chi connectivity index (χ4v) is 2.44. The third-order valence-corrected chi connectivity index (χ3v) is 3.59. The normalized spacial score (nSPS) is 14.9. The standard InChI is InChI=1S/C15H16F6N2O/c1-9-7-11(13(16,17)14(18,24)15(19,20)21)8-10(2)12(9)23(3)6-4-5-22/h7-8,24H,4,6H2,1-3H3. The van der Waals surface area contributed by atoms with E-state index in [1.165, 1.54) is 13.8 Å². The molecule has 0 aliphatic heterocycles. The van der Waals surface area contributed by atoms with E-state index in [9.17, 15) is 26.3 Å². The highest BCUT2D eigenvalue weighted by molar-refractivity contribution is 5.60. The summed E-state index contributed by atoms with van der Waals surface area (Å²) in [6.07, 6.45) is -5.99. The molecule has 134 valence electrons. The first-order valence-corrected chi connectivity index (χ1v) is 6.83. The molecule has 0 fully saturated rings. The number of aliphatic hydroxyl groups is 1. The van der Waals surface area contributed by atoms with Gasteiger partial charge in [-0.15, -0.1) is 0 Å². The molecule has 24 heavy (non-hydrogen) atoms. The van der Waals surface area contributed by atoms with Crippen molar-refractivity contribution in [2.24, 2.45) is 0 Å². The molecular formula is C15H16F6N2O. The van der Waals surface area contributed by atoms with Crippen molar-refractivity contribution >= 4 is 5.69 Å². The van der Waals surface area contributed by atoms with Crippen molar-refractivity contribution in [2.45, 2.75) is 38.2 Å². The Hall–Kier alpha value is -1.95.